The molecule has 0 aromatic heterocycles. The Labute approximate surface area is 167 Å². The predicted molar refractivity (Wildman–Crippen MR) is 108 cm³/mol. The number of para-hydroxylation sites is 1. The van der Waals surface area contributed by atoms with Crippen LogP contribution in [0, 0.1) is 0 Å². The standard InChI is InChI=1S/C21H20N2O4S/c1-3-18(24)22-17-8-6-5-7-16(17)21(20(22)26)23(19(25)13-28-21)14-9-11-15(12-10-14)27-4-2/h5-12H,3-4,13H2,1-2H3/t21-/m1/s1. The van der Waals surface area contributed by atoms with Gasteiger partial charge in [0, 0.05) is 17.7 Å². The van der Waals surface area contributed by atoms with Gasteiger partial charge in [-0.2, -0.15) is 0 Å². The molecule has 0 radical (unpaired) electrons. The summed E-state index contributed by atoms with van der Waals surface area (Å²) in [4.78, 5) is 40.5. The third kappa shape index (κ3) is 2.53. The fourth-order valence-electron chi connectivity index (χ4n) is 3.75. The molecule has 2 aliphatic heterocycles. The quantitative estimate of drug-likeness (QED) is 0.793. The van der Waals surface area contributed by atoms with E-state index in [9.17, 15) is 14.4 Å². The second-order valence-electron chi connectivity index (χ2n) is 6.49. The maximum atomic E-state index is 13.6. The SMILES string of the molecule is CCOc1ccc(N2C(=O)CS[C@]23C(=O)N(C(=O)CC)c2ccccc23)cc1. The molecule has 0 aliphatic carbocycles. The van der Waals surface area contributed by atoms with Gasteiger partial charge in [-0.15, -0.1) is 11.8 Å². The first-order valence-corrected chi connectivity index (χ1v) is 10.2. The number of rotatable bonds is 4. The molecular formula is C21H20N2O4S. The molecule has 2 aromatic rings. The van der Waals surface area contributed by atoms with Crippen molar-refractivity contribution in [3.63, 3.8) is 0 Å². The van der Waals surface area contributed by atoms with Crippen molar-refractivity contribution in [1.82, 2.24) is 0 Å². The van der Waals surface area contributed by atoms with Gasteiger partial charge in [-0.25, -0.2) is 4.90 Å². The summed E-state index contributed by atoms with van der Waals surface area (Å²) in [6.45, 7) is 4.17. The first-order valence-electron chi connectivity index (χ1n) is 9.21. The summed E-state index contributed by atoms with van der Waals surface area (Å²) in [5.41, 5.74) is 1.83. The molecule has 2 aliphatic rings. The van der Waals surface area contributed by atoms with Crippen molar-refractivity contribution in [3.05, 3.63) is 54.1 Å². The Hall–Kier alpha value is -2.80. The van der Waals surface area contributed by atoms with E-state index in [0.717, 1.165) is 0 Å². The van der Waals surface area contributed by atoms with E-state index >= 15 is 0 Å². The number of ether oxygens (including phenoxy) is 1. The number of nitrogens with zero attached hydrogens (tertiary/aromatic N) is 2. The van der Waals surface area contributed by atoms with Crippen LogP contribution in [-0.2, 0) is 19.3 Å². The van der Waals surface area contributed by atoms with Crippen molar-refractivity contribution in [2.24, 2.45) is 0 Å². The van der Waals surface area contributed by atoms with Crippen molar-refractivity contribution >= 4 is 40.9 Å². The van der Waals surface area contributed by atoms with Gasteiger partial charge < -0.3 is 4.74 Å². The molecule has 0 unspecified atom stereocenters. The van der Waals surface area contributed by atoms with E-state index in [4.69, 9.17) is 4.74 Å². The zero-order valence-electron chi connectivity index (χ0n) is 15.7. The Balaban J connectivity index is 1.86. The highest BCUT2D eigenvalue weighted by Crippen LogP contribution is 2.55. The van der Waals surface area contributed by atoms with Gasteiger partial charge in [-0.1, -0.05) is 25.1 Å². The molecule has 1 atom stereocenters. The summed E-state index contributed by atoms with van der Waals surface area (Å²) >= 11 is 1.26. The molecule has 0 saturated carbocycles. The first-order chi connectivity index (χ1) is 13.5. The van der Waals surface area contributed by atoms with Crippen LogP contribution in [0.5, 0.6) is 5.75 Å². The topological polar surface area (TPSA) is 66.9 Å². The van der Waals surface area contributed by atoms with E-state index < -0.39 is 4.87 Å². The molecule has 7 heteroatoms. The summed E-state index contributed by atoms with van der Waals surface area (Å²) in [6.07, 6.45) is 0.206. The Morgan fingerprint density at radius 1 is 1.11 bits per heavy atom. The van der Waals surface area contributed by atoms with Crippen LogP contribution in [0.25, 0.3) is 0 Å². The van der Waals surface area contributed by atoms with Gasteiger partial charge in [0.25, 0.3) is 5.91 Å². The van der Waals surface area contributed by atoms with Crippen LogP contribution < -0.4 is 14.5 Å². The van der Waals surface area contributed by atoms with E-state index in [1.54, 1.807) is 43.3 Å². The molecule has 2 aromatic carbocycles. The van der Waals surface area contributed by atoms with E-state index in [2.05, 4.69) is 0 Å². The van der Waals surface area contributed by atoms with Crippen LogP contribution in [0.3, 0.4) is 0 Å². The summed E-state index contributed by atoms with van der Waals surface area (Å²) in [7, 11) is 0. The van der Waals surface area contributed by atoms with E-state index in [1.807, 2.05) is 19.1 Å². The van der Waals surface area contributed by atoms with Crippen molar-refractivity contribution in [1.29, 1.82) is 0 Å². The lowest BCUT2D eigenvalue weighted by Gasteiger charge is -2.33. The predicted octanol–water partition coefficient (Wildman–Crippen LogP) is 3.30. The molecule has 28 heavy (non-hydrogen) atoms. The third-order valence-corrected chi connectivity index (χ3v) is 6.32. The number of hydrogen-bond acceptors (Lipinski definition) is 5. The van der Waals surface area contributed by atoms with Crippen LogP contribution in [-0.4, -0.2) is 30.1 Å². The molecule has 144 valence electrons. The average molecular weight is 396 g/mol. The summed E-state index contributed by atoms with van der Waals surface area (Å²) in [5, 5.41) is 0. The molecule has 3 amide bonds. The maximum absolute atomic E-state index is 13.6. The number of fused-ring (bicyclic) bond motifs is 2. The number of hydrogen-bond donors (Lipinski definition) is 0. The van der Waals surface area contributed by atoms with Gasteiger partial charge in [0.2, 0.25) is 16.7 Å². The van der Waals surface area contributed by atoms with Gasteiger partial charge in [-0.3, -0.25) is 19.3 Å². The Kier molecular flexibility index (Phi) is 4.63. The average Bonchev–Trinajstić information content (AvgIpc) is 3.18. The van der Waals surface area contributed by atoms with Crippen molar-refractivity contribution < 1.29 is 19.1 Å². The third-order valence-electron chi connectivity index (χ3n) is 4.93. The molecule has 4 rings (SSSR count). The minimum absolute atomic E-state index is 0.164. The molecule has 0 bridgehead atoms. The highest BCUT2D eigenvalue weighted by Gasteiger charge is 2.61. The number of thioether (sulfide) groups is 1. The van der Waals surface area contributed by atoms with E-state index in [0.29, 0.717) is 29.3 Å². The van der Waals surface area contributed by atoms with Crippen LogP contribution in [0.1, 0.15) is 25.8 Å². The number of anilines is 2. The van der Waals surface area contributed by atoms with Gasteiger partial charge in [-0.05, 0) is 37.3 Å². The molecule has 1 saturated heterocycles. The van der Waals surface area contributed by atoms with Crippen LogP contribution in [0.4, 0.5) is 11.4 Å². The number of carbonyl (C=O) groups is 3. The monoisotopic (exact) mass is 396 g/mol. The number of imide groups is 1. The molecule has 0 N–H and O–H groups in total. The van der Waals surface area contributed by atoms with Crippen molar-refractivity contribution in [2.75, 3.05) is 22.2 Å². The van der Waals surface area contributed by atoms with Crippen LogP contribution in [0.15, 0.2) is 48.5 Å². The molecule has 1 spiro atoms. The lowest BCUT2D eigenvalue weighted by molar-refractivity contribution is -0.128. The Bertz CT molecular complexity index is 959. The van der Waals surface area contributed by atoms with E-state index in [1.165, 1.54) is 21.6 Å². The number of carbonyl (C=O) groups excluding carboxylic acids is 3. The summed E-state index contributed by atoms with van der Waals surface area (Å²) < 4.78 is 5.48. The van der Waals surface area contributed by atoms with Crippen LogP contribution >= 0.6 is 11.8 Å². The lowest BCUT2D eigenvalue weighted by Crippen LogP contribution is -2.50. The molecular weight excluding hydrogens is 376 g/mol. The number of amides is 3. The minimum Gasteiger partial charge on any atom is -0.494 e. The zero-order valence-corrected chi connectivity index (χ0v) is 16.5. The minimum atomic E-state index is -1.26. The highest BCUT2D eigenvalue weighted by molar-refractivity contribution is 8.02. The smallest absolute Gasteiger partial charge is 0.275 e. The highest BCUT2D eigenvalue weighted by atomic mass is 32.2. The van der Waals surface area contributed by atoms with Gasteiger partial charge in [0.05, 0.1) is 18.0 Å². The normalized spacial score (nSPS) is 20.8. The fourth-order valence-corrected chi connectivity index (χ4v) is 5.09. The first kappa shape index (κ1) is 18.6. The second kappa shape index (κ2) is 6.98. The largest absolute Gasteiger partial charge is 0.494 e. The van der Waals surface area contributed by atoms with Crippen molar-refractivity contribution in [2.45, 2.75) is 25.1 Å². The van der Waals surface area contributed by atoms with Gasteiger partial charge in [0.1, 0.15) is 5.75 Å². The van der Waals surface area contributed by atoms with Gasteiger partial charge in [0.15, 0.2) is 0 Å². The molecule has 6 nitrogen and oxygen atoms in total. The van der Waals surface area contributed by atoms with Crippen molar-refractivity contribution in [3.8, 4) is 5.75 Å². The van der Waals surface area contributed by atoms with E-state index in [-0.39, 0.29) is 29.9 Å². The lowest BCUT2D eigenvalue weighted by atomic mass is 10.0. The summed E-state index contributed by atoms with van der Waals surface area (Å²) in [5.74, 6) is 0.0383. The Morgan fingerprint density at radius 3 is 2.50 bits per heavy atom. The van der Waals surface area contributed by atoms with Gasteiger partial charge >= 0.3 is 0 Å². The van der Waals surface area contributed by atoms with Crippen LogP contribution in [0.2, 0.25) is 0 Å². The maximum Gasteiger partial charge on any atom is 0.275 e. The zero-order chi connectivity index (χ0) is 19.9. The summed E-state index contributed by atoms with van der Waals surface area (Å²) in [6, 6.07) is 14.3. The molecule has 2 heterocycles. The Morgan fingerprint density at radius 2 is 1.82 bits per heavy atom. The fraction of sp³-hybridized carbons (Fsp3) is 0.286. The second-order valence-corrected chi connectivity index (χ2v) is 7.66. The number of benzene rings is 2. The molecule has 1 fully saturated rings.